The zero-order chi connectivity index (χ0) is 20.3. The van der Waals surface area contributed by atoms with Crippen molar-refractivity contribution < 1.29 is 23.5 Å². The minimum atomic E-state index is -0.759. The third-order valence-corrected chi connectivity index (χ3v) is 5.80. The van der Waals surface area contributed by atoms with Crippen LogP contribution in [0.3, 0.4) is 0 Å². The lowest BCUT2D eigenvalue weighted by molar-refractivity contribution is -0.155. The molecule has 0 unspecified atom stereocenters. The summed E-state index contributed by atoms with van der Waals surface area (Å²) in [4.78, 5) is 38.3. The lowest BCUT2D eigenvalue weighted by Gasteiger charge is -2.25. The van der Waals surface area contributed by atoms with Crippen molar-refractivity contribution >= 4 is 35.2 Å². The molecule has 148 valence electrons. The lowest BCUT2D eigenvalue weighted by atomic mass is 10.1. The number of benzene rings is 1. The van der Waals surface area contributed by atoms with Crippen molar-refractivity contribution in [2.75, 3.05) is 17.7 Å². The fourth-order valence-corrected chi connectivity index (χ4v) is 4.56. The molecule has 0 bridgehead atoms. The Hall–Kier alpha value is -2.74. The Morgan fingerprint density at radius 1 is 1.21 bits per heavy atom. The van der Waals surface area contributed by atoms with Gasteiger partial charge in [-0.15, -0.1) is 11.8 Å². The number of anilines is 1. The Balaban J connectivity index is 1.61. The van der Waals surface area contributed by atoms with Gasteiger partial charge in [-0.3, -0.25) is 9.59 Å². The van der Waals surface area contributed by atoms with Crippen LogP contribution in [0.4, 0.5) is 5.69 Å². The Morgan fingerprint density at radius 2 is 1.93 bits per heavy atom. The van der Waals surface area contributed by atoms with E-state index in [1.807, 2.05) is 32.0 Å². The molecule has 2 heterocycles. The molecule has 0 saturated carbocycles. The van der Waals surface area contributed by atoms with Crippen LogP contribution in [0.25, 0.3) is 0 Å². The van der Waals surface area contributed by atoms with E-state index in [-0.39, 0.29) is 11.3 Å². The quantitative estimate of drug-likeness (QED) is 0.774. The number of nitrogens with zero attached hydrogens (tertiary/aromatic N) is 1. The molecule has 8 heteroatoms. The second kappa shape index (κ2) is 8.52. The number of thioether (sulfide) groups is 1. The zero-order valence-corrected chi connectivity index (χ0v) is 16.7. The molecule has 2 atom stereocenters. The van der Waals surface area contributed by atoms with E-state index >= 15 is 0 Å². The highest BCUT2D eigenvalue weighted by atomic mass is 32.2. The fourth-order valence-electron chi connectivity index (χ4n) is 3.14. The number of aryl methyl sites for hydroxylation is 2. The number of furan rings is 1. The molecule has 3 rings (SSSR count). The first-order valence-electron chi connectivity index (χ1n) is 8.85. The first kappa shape index (κ1) is 20.0. The first-order chi connectivity index (χ1) is 13.4. The second-order valence-corrected chi connectivity index (χ2v) is 7.68. The summed E-state index contributed by atoms with van der Waals surface area (Å²) in [6, 6.07) is 8.43. The molecular formula is C20H22N2O5S. The van der Waals surface area contributed by atoms with Crippen molar-refractivity contribution in [3.8, 4) is 0 Å². The molecule has 1 N–H and O–H groups in total. The molecule has 0 radical (unpaired) electrons. The van der Waals surface area contributed by atoms with Gasteiger partial charge in [0.15, 0.2) is 6.61 Å². The number of nitrogens with one attached hydrogen (secondary N) is 1. The maximum atomic E-state index is 12.5. The smallest absolute Gasteiger partial charge is 0.330 e. The van der Waals surface area contributed by atoms with E-state index in [9.17, 15) is 14.4 Å². The van der Waals surface area contributed by atoms with Crippen LogP contribution < -0.4 is 5.32 Å². The van der Waals surface area contributed by atoms with Gasteiger partial charge in [0.1, 0.15) is 17.2 Å². The van der Waals surface area contributed by atoms with E-state index in [2.05, 4.69) is 5.32 Å². The second-order valence-electron chi connectivity index (χ2n) is 6.57. The van der Waals surface area contributed by atoms with Crippen molar-refractivity contribution in [1.82, 2.24) is 4.90 Å². The monoisotopic (exact) mass is 402 g/mol. The highest BCUT2D eigenvalue weighted by Crippen LogP contribution is 2.41. The summed E-state index contributed by atoms with van der Waals surface area (Å²) in [5.74, 6) is -0.305. The van der Waals surface area contributed by atoms with Crippen LogP contribution in [0.2, 0.25) is 0 Å². The SMILES string of the molecule is CC(=O)N1[C@@H](C(=O)OCC(=O)Nc2c(C)cccc2C)CS[C@@H]1c1ccco1. The average molecular weight is 402 g/mol. The number of para-hydroxylation sites is 1. The van der Waals surface area contributed by atoms with Gasteiger partial charge in [-0.05, 0) is 37.1 Å². The number of rotatable bonds is 5. The number of carbonyl (C=O) groups excluding carboxylic acids is 3. The van der Waals surface area contributed by atoms with Gasteiger partial charge in [-0.2, -0.15) is 0 Å². The number of hydrogen-bond donors (Lipinski definition) is 1. The molecule has 0 aliphatic carbocycles. The van der Waals surface area contributed by atoms with E-state index in [4.69, 9.17) is 9.15 Å². The van der Waals surface area contributed by atoms with Crippen LogP contribution in [0.15, 0.2) is 41.0 Å². The molecule has 2 amide bonds. The van der Waals surface area contributed by atoms with Crippen LogP contribution in [0.5, 0.6) is 0 Å². The van der Waals surface area contributed by atoms with Gasteiger partial charge < -0.3 is 19.4 Å². The van der Waals surface area contributed by atoms with E-state index in [0.717, 1.165) is 11.1 Å². The van der Waals surface area contributed by atoms with Crippen molar-refractivity contribution in [2.24, 2.45) is 0 Å². The molecule has 7 nitrogen and oxygen atoms in total. The molecule has 28 heavy (non-hydrogen) atoms. The maximum Gasteiger partial charge on any atom is 0.330 e. The maximum absolute atomic E-state index is 12.5. The molecule has 1 aromatic heterocycles. The normalized spacial score (nSPS) is 18.8. The Bertz CT molecular complexity index is 860. The Morgan fingerprint density at radius 3 is 2.54 bits per heavy atom. The minimum Gasteiger partial charge on any atom is -0.466 e. The topological polar surface area (TPSA) is 88.8 Å². The largest absolute Gasteiger partial charge is 0.466 e. The van der Waals surface area contributed by atoms with Crippen molar-refractivity contribution in [3.63, 3.8) is 0 Å². The summed E-state index contributed by atoms with van der Waals surface area (Å²) in [7, 11) is 0. The number of ether oxygens (including phenoxy) is 1. The molecule has 0 spiro atoms. The van der Waals surface area contributed by atoms with Gasteiger partial charge >= 0.3 is 5.97 Å². The molecule has 2 aromatic rings. The van der Waals surface area contributed by atoms with Crippen LogP contribution >= 0.6 is 11.8 Å². The summed E-state index contributed by atoms with van der Waals surface area (Å²) in [6.07, 6.45) is 1.53. The summed E-state index contributed by atoms with van der Waals surface area (Å²) < 4.78 is 10.6. The molecule has 1 aromatic carbocycles. The van der Waals surface area contributed by atoms with Gasteiger partial charge in [0.25, 0.3) is 5.91 Å². The van der Waals surface area contributed by atoms with E-state index in [0.29, 0.717) is 17.2 Å². The first-order valence-corrected chi connectivity index (χ1v) is 9.90. The molecule has 1 fully saturated rings. The van der Waals surface area contributed by atoms with Gasteiger partial charge in [0.2, 0.25) is 5.91 Å². The van der Waals surface area contributed by atoms with Crippen LogP contribution in [-0.2, 0) is 19.1 Å². The lowest BCUT2D eigenvalue weighted by Crippen LogP contribution is -2.43. The van der Waals surface area contributed by atoms with E-state index < -0.39 is 24.5 Å². The highest BCUT2D eigenvalue weighted by Gasteiger charge is 2.43. The van der Waals surface area contributed by atoms with Crippen LogP contribution in [-0.4, -0.2) is 41.1 Å². The number of carbonyl (C=O) groups is 3. The fraction of sp³-hybridized carbons (Fsp3) is 0.350. The molecule has 1 aliphatic rings. The van der Waals surface area contributed by atoms with E-state index in [1.54, 1.807) is 12.1 Å². The standard InChI is InChI=1S/C20H22N2O5S/c1-12-6-4-7-13(2)18(12)21-17(24)10-27-20(25)15-11-28-19(22(15)14(3)23)16-8-5-9-26-16/h4-9,15,19H,10-11H2,1-3H3,(H,21,24)/t15-,19-/m1/s1. The Labute approximate surface area is 167 Å². The Kier molecular flexibility index (Phi) is 6.08. The van der Waals surface area contributed by atoms with E-state index in [1.165, 1.54) is 29.8 Å². The highest BCUT2D eigenvalue weighted by molar-refractivity contribution is 7.99. The van der Waals surface area contributed by atoms with Gasteiger partial charge in [0, 0.05) is 18.4 Å². The summed E-state index contributed by atoms with van der Waals surface area (Å²) >= 11 is 1.42. The van der Waals surface area contributed by atoms with Crippen LogP contribution in [0, 0.1) is 13.8 Å². The predicted molar refractivity (Wildman–Crippen MR) is 106 cm³/mol. The summed E-state index contributed by atoms with van der Waals surface area (Å²) in [5, 5.41) is 2.39. The summed E-state index contributed by atoms with van der Waals surface area (Å²) in [5.41, 5.74) is 2.56. The van der Waals surface area contributed by atoms with Gasteiger partial charge in [-0.1, -0.05) is 18.2 Å². The zero-order valence-electron chi connectivity index (χ0n) is 15.9. The molecule has 1 aliphatic heterocycles. The number of amides is 2. The summed E-state index contributed by atoms with van der Waals surface area (Å²) in [6.45, 7) is 4.77. The number of esters is 1. The third-order valence-electron chi connectivity index (χ3n) is 4.51. The average Bonchev–Trinajstić information content (AvgIpc) is 3.31. The third kappa shape index (κ3) is 4.22. The van der Waals surface area contributed by atoms with Gasteiger partial charge in [0.05, 0.1) is 6.26 Å². The number of hydrogen-bond acceptors (Lipinski definition) is 6. The molecule has 1 saturated heterocycles. The predicted octanol–water partition coefficient (Wildman–Crippen LogP) is 3.04. The van der Waals surface area contributed by atoms with Crippen molar-refractivity contribution in [3.05, 3.63) is 53.5 Å². The molecular weight excluding hydrogens is 380 g/mol. The van der Waals surface area contributed by atoms with Crippen LogP contribution in [0.1, 0.15) is 29.2 Å². The van der Waals surface area contributed by atoms with Crippen molar-refractivity contribution in [2.45, 2.75) is 32.2 Å². The van der Waals surface area contributed by atoms with Gasteiger partial charge in [-0.25, -0.2) is 4.79 Å². The minimum absolute atomic E-state index is 0.256. The van der Waals surface area contributed by atoms with Crippen molar-refractivity contribution in [1.29, 1.82) is 0 Å².